The first-order valence-corrected chi connectivity index (χ1v) is 4.49. The Bertz CT molecular complexity index is 175. The molecule has 0 atom stereocenters. The Hall–Kier alpha value is -0.550. The van der Waals surface area contributed by atoms with Gasteiger partial charge >= 0.3 is 0 Å². The molecule has 2 heteroatoms. The maximum atomic E-state index is 8.85. The predicted molar refractivity (Wildman–Crippen MR) is 51.8 cm³/mol. The average Bonchev–Trinajstić information content (AvgIpc) is 1.85. The highest BCUT2D eigenvalue weighted by Crippen LogP contribution is 2.26. The van der Waals surface area contributed by atoms with Crippen LogP contribution in [0.3, 0.4) is 0 Å². The summed E-state index contributed by atoms with van der Waals surface area (Å²) < 4.78 is 0. The fourth-order valence-electron chi connectivity index (χ4n) is 1.69. The SMILES string of the molecule is CCNC(C)(C)CC(C)(C)C#N. The summed E-state index contributed by atoms with van der Waals surface area (Å²) >= 11 is 0. The van der Waals surface area contributed by atoms with Crippen molar-refractivity contribution in [2.75, 3.05) is 6.54 Å². The largest absolute Gasteiger partial charge is 0.312 e. The molecule has 0 fully saturated rings. The molecule has 0 aromatic heterocycles. The number of nitrogens with zero attached hydrogens (tertiary/aromatic N) is 1. The van der Waals surface area contributed by atoms with Gasteiger partial charge in [0.1, 0.15) is 0 Å². The van der Waals surface area contributed by atoms with Crippen LogP contribution in [-0.4, -0.2) is 12.1 Å². The lowest BCUT2D eigenvalue weighted by Crippen LogP contribution is -2.42. The van der Waals surface area contributed by atoms with Gasteiger partial charge in [0.15, 0.2) is 0 Å². The van der Waals surface area contributed by atoms with E-state index in [1.54, 1.807) is 0 Å². The number of nitriles is 1. The van der Waals surface area contributed by atoms with Crippen LogP contribution < -0.4 is 5.32 Å². The summed E-state index contributed by atoms with van der Waals surface area (Å²) in [5.41, 5.74) is -0.167. The maximum Gasteiger partial charge on any atom is 0.0684 e. The van der Waals surface area contributed by atoms with Crippen molar-refractivity contribution in [2.24, 2.45) is 5.41 Å². The van der Waals surface area contributed by atoms with Gasteiger partial charge in [-0.25, -0.2) is 0 Å². The summed E-state index contributed by atoms with van der Waals surface area (Å²) in [7, 11) is 0. The van der Waals surface area contributed by atoms with Gasteiger partial charge in [-0.05, 0) is 40.7 Å². The van der Waals surface area contributed by atoms with Crippen molar-refractivity contribution in [3.63, 3.8) is 0 Å². The molecule has 70 valence electrons. The molecule has 0 aliphatic carbocycles. The second-order valence-electron chi connectivity index (χ2n) is 4.59. The lowest BCUT2D eigenvalue weighted by molar-refractivity contribution is 0.279. The molecule has 0 aromatic carbocycles. The molecule has 0 radical (unpaired) electrons. The molecule has 0 rings (SSSR count). The van der Waals surface area contributed by atoms with Gasteiger partial charge < -0.3 is 5.32 Å². The van der Waals surface area contributed by atoms with Crippen LogP contribution in [0.1, 0.15) is 41.0 Å². The monoisotopic (exact) mass is 168 g/mol. The van der Waals surface area contributed by atoms with Gasteiger partial charge in [-0.15, -0.1) is 0 Å². The zero-order chi connectivity index (χ0) is 9.83. The molecule has 0 bridgehead atoms. The molecular weight excluding hydrogens is 148 g/mol. The molecule has 0 heterocycles. The van der Waals surface area contributed by atoms with E-state index < -0.39 is 0 Å². The Morgan fingerprint density at radius 1 is 1.25 bits per heavy atom. The average molecular weight is 168 g/mol. The molecule has 0 aliphatic heterocycles. The Labute approximate surface area is 76.0 Å². The zero-order valence-electron chi connectivity index (χ0n) is 8.86. The molecule has 12 heavy (non-hydrogen) atoms. The Balaban J connectivity index is 4.16. The third-order valence-electron chi connectivity index (χ3n) is 1.84. The molecule has 0 aliphatic rings. The number of rotatable bonds is 4. The lowest BCUT2D eigenvalue weighted by Gasteiger charge is -2.31. The summed E-state index contributed by atoms with van der Waals surface area (Å²) in [6.07, 6.45) is 0.879. The van der Waals surface area contributed by atoms with Gasteiger partial charge in [0.2, 0.25) is 0 Å². The highest BCUT2D eigenvalue weighted by atomic mass is 14.9. The summed E-state index contributed by atoms with van der Waals surface area (Å²) in [5.74, 6) is 0. The summed E-state index contributed by atoms with van der Waals surface area (Å²) in [4.78, 5) is 0. The van der Waals surface area contributed by atoms with Crippen molar-refractivity contribution in [3.8, 4) is 6.07 Å². The number of hydrogen-bond donors (Lipinski definition) is 1. The van der Waals surface area contributed by atoms with E-state index in [1.165, 1.54) is 0 Å². The van der Waals surface area contributed by atoms with Crippen LogP contribution in [0.5, 0.6) is 0 Å². The lowest BCUT2D eigenvalue weighted by atomic mass is 9.81. The van der Waals surface area contributed by atoms with Crippen LogP contribution in [0.25, 0.3) is 0 Å². The quantitative estimate of drug-likeness (QED) is 0.699. The summed E-state index contributed by atoms with van der Waals surface area (Å²) in [6, 6.07) is 2.32. The van der Waals surface area contributed by atoms with Crippen LogP contribution in [0.2, 0.25) is 0 Å². The second-order valence-corrected chi connectivity index (χ2v) is 4.59. The van der Waals surface area contributed by atoms with Crippen LogP contribution in [0.4, 0.5) is 0 Å². The second kappa shape index (κ2) is 3.91. The highest BCUT2D eigenvalue weighted by Gasteiger charge is 2.27. The van der Waals surface area contributed by atoms with E-state index in [-0.39, 0.29) is 11.0 Å². The number of nitrogens with one attached hydrogen (secondary N) is 1. The van der Waals surface area contributed by atoms with E-state index in [4.69, 9.17) is 5.26 Å². The molecule has 0 aromatic rings. The van der Waals surface area contributed by atoms with Crippen molar-refractivity contribution in [2.45, 2.75) is 46.6 Å². The minimum absolute atomic E-state index is 0.0635. The van der Waals surface area contributed by atoms with E-state index >= 15 is 0 Å². The van der Waals surface area contributed by atoms with E-state index in [9.17, 15) is 0 Å². The van der Waals surface area contributed by atoms with Gasteiger partial charge in [0.05, 0.1) is 11.5 Å². The predicted octanol–water partition coefficient (Wildman–Crippen LogP) is 2.31. The maximum absolute atomic E-state index is 8.85. The smallest absolute Gasteiger partial charge is 0.0684 e. The van der Waals surface area contributed by atoms with Crippen LogP contribution >= 0.6 is 0 Å². The van der Waals surface area contributed by atoms with Crippen molar-refractivity contribution in [3.05, 3.63) is 0 Å². The topological polar surface area (TPSA) is 35.8 Å². The molecule has 1 N–H and O–H groups in total. The molecule has 0 saturated heterocycles. The Morgan fingerprint density at radius 3 is 2.08 bits per heavy atom. The molecule has 0 amide bonds. The minimum Gasteiger partial charge on any atom is -0.312 e. The molecule has 2 nitrogen and oxygen atoms in total. The van der Waals surface area contributed by atoms with Crippen molar-refractivity contribution >= 4 is 0 Å². The minimum atomic E-state index is -0.230. The van der Waals surface area contributed by atoms with Gasteiger partial charge in [-0.1, -0.05) is 6.92 Å². The van der Waals surface area contributed by atoms with E-state index in [1.807, 2.05) is 13.8 Å². The van der Waals surface area contributed by atoms with Crippen LogP contribution in [0, 0.1) is 16.7 Å². The van der Waals surface area contributed by atoms with Crippen molar-refractivity contribution in [1.29, 1.82) is 5.26 Å². The standard InChI is InChI=1S/C10H20N2/c1-6-12-10(4,5)7-9(2,3)8-11/h12H,6-7H2,1-5H3. The normalized spacial score (nSPS) is 12.7. The van der Waals surface area contributed by atoms with Crippen LogP contribution in [-0.2, 0) is 0 Å². The molecule has 0 unspecified atom stereocenters. The van der Waals surface area contributed by atoms with E-state index in [0.29, 0.717) is 0 Å². The Morgan fingerprint density at radius 2 is 1.75 bits per heavy atom. The molecule has 0 spiro atoms. The molecular formula is C10H20N2. The summed E-state index contributed by atoms with van der Waals surface area (Å²) in [5, 5.41) is 12.2. The Kier molecular flexibility index (Phi) is 3.73. The van der Waals surface area contributed by atoms with Crippen molar-refractivity contribution in [1.82, 2.24) is 5.32 Å². The first-order chi connectivity index (χ1) is 5.33. The first-order valence-electron chi connectivity index (χ1n) is 4.49. The van der Waals surface area contributed by atoms with Crippen LogP contribution in [0.15, 0.2) is 0 Å². The van der Waals surface area contributed by atoms with Gasteiger partial charge in [0.25, 0.3) is 0 Å². The third-order valence-corrected chi connectivity index (χ3v) is 1.84. The van der Waals surface area contributed by atoms with E-state index in [0.717, 1.165) is 13.0 Å². The number of hydrogen-bond acceptors (Lipinski definition) is 2. The fraction of sp³-hybridized carbons (Fsp3) is 0.900. The van der Waals surface area contributed by atoms with Gasteiger partial charge in [-0.3, -0.25) is 0 Å². The van der Waals surface area contributed by atoms with Gasteiger partial charge in [-0.2, -0.15) is 5.26 Å². The fourth-order valence-corrected chi connectivity index (χ4v) is 1.69. The van der Waals surface area contributed by atoms with Crippen molar-refractivity contribution < 1.29 is 0 Å². The van der Waals surface area contributed by atoms with E-state index in [2.05, 4.69) is 32.2 Å². The molecule has 0 saturated carbocycles. The van der Waals surface area contributed by atoms with Gasteiger partial charge in [0, 0.05) is 5.54 Å². The summed E-state index contributed by atoms with van der Waals surface area (Å²) in [6.45, 7) is 11.3. The first kappa shape index (κ1) is 11.4. The highest BCUT2D eigenvalue weighted by molar-refractivity contribution is 4.97. The third kappa shape index (κ3) is 4.35. The zero-order valence-corrected chi connectivity index (χ0v) is 8.86.